The Bertz CT molecular complexity index is 577. The summed E-state index contributed by atoms with van der Waals surface area (Å²) in [4.78, 5) is 8.09. The van der Waals surface area contributed by atoms with E-state index in [0.29, 0.717) is 13.3 Å². The third-order valence-corrected chi connectivity index (χ3v) is 2.98. The maximum atomic E-state index is 5.33. The van der Waals surface area contributed by atoms with E-state index in [4.69, 9.17) is 9.47 Å². The smallest absolute Gasteiger partial charge is 0.231 e. The Morgan fingerprint density at radius 1 is 1.17 bits per heavy atom. The summed E-state index contributed by atoms with van der Waals surface area (Å²) in [6.45, 7) is 0.963. The van der Waals surface area contributed by atoms with Gasteiger partial charge in [0.1, 0.15) is 16.7 Å². The molecule has 1 N–H and O–H groups in total. The van der Waals surface area contributed by atoms with Gasteiger partial charge in [-0.05, 0) is 33.6 Å². The molecular weight excluding hydrogens is 298 g/mol. The van der Waals surface area contributed by atoms with Crippen molar-refractivity contribution in [2.24, 2.45) is 0 Å². The Kier molecular flexibility index (Phi) is 3.02. The Labute approximate surface area is 112 Å². The zero-order valence-corrected chi connectivity index (χ0v) is 11.0. The van der Waals surface area contributed by atoms with Crippen LogP contribution >= 0.6 is 15.9 Å². The van der Waals surface area contributed by atoms with Gasteiger partial charge in [-0.25, -0.2) is 9.97 Å². The van der Waals surface area contributed by atoms with Gasteiger partial charge >= 0.3 is 0 Å². The van der Waals surface area contributed by atoms with Crippen LogP contribution in [0.3, 0.4) is 0 Å². The molecule has 1 aromatic heterocycles. The maximum Gasteiger partial charge on any atom is 0.231 e. The van der Waals surface area contributed by atoms with Crippen LogP contribution in [-0.2, 0) is 6.54 Å². The number of rotatable bonds is 3. The van der Waals surface area contributed by atoms with Crippen molar-refractivity contribution in [3.8, 4) is 11.5 Å². The number of aromatic nitrogens is 2. The molecule has 92 valence electrons. The van der Waals surface area contributed by atoms with E-state index >= 15 is 0 Å². The van der Waals surface area contributed by atoms with Crippen LogP contribution in [0.15, 0.2) is 35.2 Å². The molecule has 0 radical (unpaired) electrons. The molecule has 1 aromatic carbocycles. The number of nitrogens with one attached hydrogen (secondary N) is 1. The molecule has 6 heteroatoms. The summed E-state index contributed by atoms with van der Waals surface area (Å²) in [7, 11) is 0. The molecule has 2 aromatic rings. The predicted molar refractivity (Wildman–Crippen MR) is 69.6 cm³/mol. The van der Waals surface area contributed by atoms with E-state index in [1.165, 1.54) is 6.33 Å². The van der Waals surface area contributed by atoms with Crippen LogP contribution in [0.25, 0.3) is 0 Å². The van der Waals surface area contributed by atoms with Crippen molar-refractivity contribution in [1.29, 1.82) is 0 Å². The van der Waals surface area contributed by atoms with Gasteiger partial charge in [0.15, 0.2) is 11.5 Å². The van der Waals surface area contributed by atoms with Crippen molar-refractivity contribution < 1.29 is 9.47 Å². The van der Waals surface area contributed by atoms with Crippen molar-refractivity contribution in [3.05, 3.63) is 40.8 Å². The molecule has 0 saturated heterocycles. The predicted octanol–water partition coefficient (Wildman–Crippen LogP) is 2.58. The molecule has 0 atom stereocenters. The van der Waals surface area contributed by atoms with E-state index in [1.807, 2.05) is 24.3 Å². The highest BCUT2D eigenvalue weighted by Gasteiger charge is 2.12. The van der Waals surface area contributed by atoms with Crippen LogP contribution in [0.4, 0.5) is 5.82 Å². The molecule has 0 saturated carbocycles. The van der Waals surface area contributed by atoms with E-state index in [-0.39, 0.29) is 0 Å². The lowest BCUT2D eigenvalue weighted by Crippen LogP contribution is -2.01. The lowest BCUT2D eigenvalue weighted by molar-refractivity contribution is 0.174. The second kappa shape index (κ2) is 4.81. The SMILES string of the molecule is Brc1cc(NCc2ccc3c(c2)OCO3)ncn1. The van der Waals surface area contributed by atoms with Gasteiger partial charge in [0.2, 0.25) is 6.79 Å². The Morgan fingerprint density at radius 2 is 2.06 bits per heavy atom. The van der Waals surface area contributed by atoms with Crippen LogP contribution in [0.5, 0.6) is 11.5 Å². The number of fused-ring (bicyclic) bond motifs is 1. The monoisotopic (exact) mass is 307 g/mol. The van der Waals surface area contributed by atoms with Gasteiger partial charge in [-0.15, -0.1) is 0 Å². The van der Waals surface area contributed by atoms with Crippen LogP contribution in [0.2, 0.25) is 0 Å². The minimum absolute atomic E-state index is 0.297. The van der Waals surface area contributed by atoms with Gasteiger partial charge in [-0.2, -0.15) is 0 Å². The summed E-state index contributed by atoms with van der Waals surface area (Å²) in [6.07, 6.45) is 1.51. The van der Waals surface area contributed by atoms with Gasteiger partial charge in [-0.3, -0.25) is 0 Å². The van der Waals surface area contributed by atoms with E-state index in [9.17, 15) is 0 Å². The molecule has 18 heavy (non-hydrogen) atoms. The molecule has 0 unspecified atom stereocenters. The van der Waals surface area contributed by atoms with Gasteiger partial charge < -0.3 is 14.8 Å². The number of benzene rings is 1. The van der Waals surface area contributed by atoms with E-state index in [2.05, 4.69) is 31.2 Å². The van der Waals surface area contributed by atoms with Gasteiger partial charge in [0, 0.05) is 12.6 Å². The zero-order chi connectivity index (χ0) is 12.4. The van der Waals surface area contributed by atoms with Crippen molar-refractivity contribution in [3.63, 3.8) is 0 Å². The minimum atomic E-state index is 0.297. The van der Waals surface area contributed by atoms with Crippen molar-refractivity contribution in [2.75, 3.05) is 12.1 Å². The van der Waals surface area contributed by atoms with Gasteiger partial charge in [-0.1, -0.05) is 6.07 Å². The normalized spacial score (nSPS) is 12.5. The highest BCUT2D eigenvalue weighted by molar-refractivity contribution is 9.10. The Hall–Kier alpha value is -1.82. The summed E-state index contributed by atoms with van der Waals surface area (Å²) in [5, 5.41) is 3.22. The second-order valence-electron chi connectivity index (χ2n) is 3.77. The molecule has 0 amide bonds. The zero-order valence-electron chi connectivity index (χ0n) is 9.39. The highest BCUT2D eigenvalue weighted by atomic mass is 79.9. The maximum absolute atomic E-state index is 5.33. The van der Waals surface area contributed by atoms with Crippen molar-refractivity contribution in [2.45, 2.75) is 6.54 Å². The fraction of sp³-hybridized carbons (Fsp3) is 0.167. The Morgan fingerprint density at radius 3 is 2.94 bits per heavy atom. The number of halogens is 1. The second-order valence-corrected chi connectivity index (χ2v) is 4.58. The molecule has 1 aliphatic heterocycles. The summed E-state index contributed by atoms with van der Waals surface area (Å²) >= 11 is 3.30. The summed E-state index contributed by atoms with van der Waals surface area (Å²) in [5.41, 5.74) is 1.11. The first kappa shape index (κ1) is 11.3. The quantitative estimate of drug-likeness (QED) is 0.883. The summed E-state index contributed by atoms with van der Waals surface area (Å²) in [5.74, 6) is 2.36. The third-order valence-electron chi connectivity index (χ3n) is 2.54. The summed E-state index contributed by atoms with van der Waals surface area (Å²) < 4.78 is 11.3. The molecule has 0 fully saturated rings. The van der Waals surface area contributed by atoms with E-state index < -0.39 is 0 Å². The Balaban J connectivity index is 1.70. The standard InChI is InChI=1S/C12H10BrN3O2/c13-11-4-12(16-6-15-11)14-5-8-1-2-9-10(3-8)18-7-17-9/h1-4,6H,5,7H2,(H,14,15,16). The largest absolute Gasteiger partial charge is 0.454 e. The fourth-order valence-corrected chi connectivity index (χ4v) is 1.98. The minimum Gasteiger partial charge on any atom is -0.454 e. The molecule has 0 bridgehead atoms. The lowest BCUT2D eigenvalue weighted by atomic mass is 10.2. The van der Waals surface area contributed by atoms with Gasteiger partial charge in [0.05, 0.1) is 0 Å². The molecule has 1 aliphatic rings. The van der Waals surface area contributed by atoms with Crippen LogP contribution < -0.4 is 14.8 Å². The van der Waals surface area contributed by atoms with E-state index in [1.54, 1.807) is 0 Å². The first-order valence-electron chi connectivity index (χ1n) is 5.41. The fourth-order valence-electron chi connectivity index (χ4n) is 1.67. The number of anilines is 1. The average molecular weight is 308 g/mol. The molecular formula is C12H10BrN3O2. The number of hydrogen-bond donors (Lipinski definition) is 1. The lowest BCUT2D eigenvalue weighted by Gasteiger charge is -2.06. The summed E-state index contributed by atoms with van der Waals surface area (Å²) in [6, 6.07) is 7.70. The van der Waals surface area contributed by atoms with Crippen LogP contribution in [0.1, 0.15) is 5.56 Å². The number of ether oxygens (including phenoxy) is 2. The van der Waals surface area contributed by atoms with Crippen LogP contribution in [-0.4, -0.2) is 16.8 Å². The first-order valence-corrected chi connectivity index (χ1v) is 6.20. The van der Waals surface area contributed by atoms with E-state index in [0.717, 1.165) is 27.5 Å². The molecule has 2 heterocycles. The molecule has 0 aliphatic carbocycles. The average Bonchev–Trinajstić information content (AvgIpc) is 2.84. The number of hydrogen-bond acceptors (Lipinski definition) is 5. The number of nitrogens with zero attached hydrogens (tertiary/aromatic N) is 2. The van der Waals surface area contributed by atoms with Gasteiger partial charge in [0.25, 0.3) is 0 Å². The van der Waals surface area contributed by atoms with Crippen molar-refractivity contribution >= 4 is 21.7 Å². The van der Waals surface area contributed by atoms with Crippen LogP contribution in [0, 0.1) is 0 Å². The first-order chi connectivity index (χ1) is 8.81. The molecule has 3 rings (SSSR count). The molecule has 0 spiro atoms. The third kappa shape index (κ3) is 2.38. The molecule has 5 nitrogen and oxygen atoms in total. The highest BCUT2D eigenvalue weighted by Crippen LogP contribution is 2.32. The topological polar surface area (TPSA) is 56.3 Å². The van der Waals surface area contributed by atoms with Crippen molar-refractivity contribution in [1.82, 2.24) is 9.97 Å².